The first-order valence-corrected chi connectivity index (χ1v) is 6.44. The van der Waals surface area contributed by atoms with Crippen LogP contribution in [-0.2, 0) is 17.6 Å². The molecule has 96 valence electrons. The number of benzene rings is 1. The molecule has 6 heteroatoms. The van der Waals surface area contributed by atoms with Crippen molar-refractivity contribution in [2.75, 3.05) is 13.2 Å². The minimum atomic E-state index is -1.57. The molecule has 18 heavy (non-hydrogen) atoms. The Bertz CT molecular complexity index is 505. The van der Waals surface area contributed by atoms with Gasteiger partial charge in [-0.25, -0.2) is 4.79 Å². The number of fused-ring (bicyclic) bond motifs is 2. The molecular formula is C12H11BrO5. The normalized spacial score (nSPS) is 17.7. The smallest absolute Gasteiger partial charge is 0.337 e. The Kier molecular flexibility index (Phi) is 2.71. The van der Waals surface area contributed by atoms with Crippen molar-refractivity contribution in [3.05, 3.63) is 21.2 Å². The average Bonchev–Trinajstić information content (AvgIpc) is 2.96. The number of halogens is 1. The monoisotopic (exact) mass is 314 g/mol. The fraction of sp³-hybridized carbons (Fsp3) is 0.417. The number of hydrogen-bond donors (Lipinski definition) is 2. The van der Waals surface area contributed by atoms with Crippen LogP contribution in [0.15, 0.2) is 4.47 Å². The molecule has 0 amide bonds. The van der Waals surface area contributed by atoms with Crippen LogP contribution in [0.25, 0.3) is 0 Å². The van der Waals surface area contributed by atoms with Gasteiger partial charge in [0, 0.05) is 29.5 Å². The molecule has 1 unspecified atom stereocenters. The van der Waals surface area contributed by atoms with Gasteiger partial charge >= 0.3 is 5.97 Å². The molecule has 0 saturated heterocycles. The Labute approximate surface area is 111 Å². The fourth-order valence-electron chi connectivity index (χ4n) is 2.50. The van der Waals surface area contributed by atoms with E-state index in [2.05, 4.69) is 15.9 Å². The van der Waals surface area contributed by atoms with Gasteiger partial charge < -0.3 is 19.7 Å². The lowest BCUT2D eigenvalue weighted by Gasteiger charge is -2.16. The van der Waals surface area contributed by atoms with Crippen molar-refractivity contribution in [2.24, 2.45) is 0 Å². The number of aliphatic hydroxyl groups is 1. The van der Waals surface area contributed by atoms with Gasteiger partial charge in [-0.3, -0.25) is 0 Å². The summed E-state index contributed by atoms with van der Waals surface area (Å²) < 4.78 is 11.8. The van der Waals surface area contributed by atoms with Crippen molar-refractivity contribution in [1.82, 2.24) is 0 Å². The van der Waals surface area contributed by atoms with Crippen molar-refractivity contribution in [3.63, 3.8) is 0 Å². The molecule has 3 rings (SSSR count). The molecule has 1 atom stereocenters. The zero-order chi connectivity index (χ0) is 12.9. The summed E-state index contributed by atoms with van der Waals surface area (Å²) in [7, 11) is 0. The van der Waals surface area contributed by atoms with Crippen molar-refractivity contribution < 1.29 is 24.5 Å². The Balaban J connectivity index is 2.27. The van der Waals surface area contributed by atoms with Gasteiger partial charge in [0.05, 0.1) is 17.7 Å². The van der Waals surface area contributed by atoms with E-state index in [1.165, 1.54) is 0 Å². The topological polar surface area (TPSA) is 76.0 Å². The molecule has 2 aliphatic heterocycles. The largest absolute Gasteiger partial charge is 0.492 e. The maximum Gasteiger partial charge on any atom is 0.337 e. The SMILES string of the molecule is O=C(O)C(O)c1c2c(c(Br)c3c1OCC3)OCC2. The minimum absolute atomic E-state index is 0.353. The van der Waals surface area contributed by atoms with Gasteiger partial charge in [-0.15, -0.1) is 0 Å². The molecule has 0 fully saturated rings. The van der Waals surface area contributed by atoms with E-state index in [0.29, 0.717) is 43.1 Å². The quantitative estimate of drug-likeness (QED) is 0.864. The molecule has 0 aromatic heterocycles. The second-order valence-electron chi connectivity index (χ2n) is 4.28. The second kappa shape index (κ2) is 4.13. The maximum atomic E-state index is 11.0. The van der Waals surface area contributed by atoms with Crippen LogP contribution in [-0.4, -0.2) is 29.4 Å². The number of rotatable bonds is 2. The molecule has 0 aliphatic carbocycles. The van der Waals surface area contributed by atoms with Gasteiger partial charge in [-0.2, -0.15) is 0 Å². The highest BCUT2D eigenvalue weighted by molar-refractivity contribution is 9.10. The molecule has 2 heterocycles. The van der Waals surface area contributed by atoms with E-state index in [9.17, 15) is 9.90 Å². The number of aliphatic hydroxyl groups excluding tert-OH is 1. The molecule has 0 saturated carbocycles. The van der Waals surface area contributed by atoms with Crippen LogP contribution in [0.4, 0.5) is 0 Å². The summed E-state index contributed by atoms with van der Waals surface area (Å²) in [6.07, 6.45) is -0.295. The van der Waals surface area contributed by atoms with Gasteiger partial charge in [0.1, 0.15) is 11.5 Å². The zero-order valence-electron chi connectivity index (χ0n) is 9.40. The first kappa shape index (κ1) is 11.8. The van der Waals surface area contributed by atoms with Gasteiger partial charge in [0.15, 0.2) is 6.10 Å². The highest BCUT2D eigenvalue weighted by atomic mass is 79.9. The molecular weight excluding hydrogens is 304 g/mol. The van der Waals surface area contributed by atoms with Crippen LogP contribution in [0.3, 0.4) is 0 Å². The number of carbonyl (C=O) groups is 1. The van der Waals surface area contributed by atoms with Crippen LogP contribution < -0.4 is 9.47 Å². The van der Waals surface area contributed by atoms with E-state index in [1.807, 2.05) is 0 Å². The summed E-state index contributed by atoms with van der Waals surface area (Å²) in [4.78, 5) is 11.0. The summed E-state index contributed by atoms with van der Waals surface area (Å²) in [5.74, 6) is -0.125. The zero-order valence-corrected chi connectivity index (χ0v) is 11.0. The van der Waals surface area contributed by atoms with E-state index in [1.54, 1.807) is 0 Å². The van der Waals surface area contributed by atoms with Crippen molar-refractivity contribution >= 4 is 21.9 Å². The first-order valence-electron chi connectivity index (χ1n) is 5.64. The minimum Gasteiger partial charge on any atom is -0.492 e. The van der Waals surface area contributed by atoms with Gasteiger partial charge in [-0.1, -0.05) is 0 Å². The van der Waals surface area contributed by atoms with Crippen LogP contribution in [0, 0.1) is 0 Å². The summed E-state index contributed by atoms with van der Waals surface area (Å²) >= 11 is 3.47. The van der Waals surface area contributed by atoms with E-state index in [0.717, 1.165) is 15.6 Å². The van der Waals surface area contributed by atoms with Gasteiger partial charge in [0.25, 0.3) is 0 Å². The van der Waals surface area contributed by atoms with E-state index < -0.39 is 12.1 Å². The van der Waals surface area contributed by atoms with Crippen molar-refractivity contribution in [2.45, 2.75) is 18.9 Å². The van der Waals surface area contributed by atoms with Crippen LogP contribution in [0.1, 0.15) is 22.8 Å². The molecule has 2 aliphatic rings. The highest BCUT2D eigenvalue weighted by Crippen LogP contribution is 2.49. The van der Waals surface area contributed by atoms with Gasteiger partial charge in [-0.05, 0) is 15.9 Å². The molecule has 0 radical (unpaired) electrons. The third kappa shape index (κ3) is 1.52. The summed E-state index contributed by atoms with van der Waals surface area (Å²) in [5, 5.41) is 18.9. The molecule has 5 nitrogen and oxygen atoms in total. The van der Waals surface area contributed by atoms with Gasteiger partial charge in [0.2, 0.25) is 0 Å². The van der Waals surface area contributed by atoms with E-state index in [4.69, 9.17) is 14.6 Å². The summed E-state index contributed by atoms with van der Waals surface area (Å²) in [6, 6.07) is 0. The third-order valence-electron chi connectivity index (χ3n) is 3.29. The fourth-order valence-corrected chi connectivity index (χ4v) is 3.23. The molecule has 1 aromatic carbocycles. The number of ether oxygens (including phenoxy) is 2. The van der Waals surface area contributed by atoms with Crippen molar-refractivity contribution in [3.8, 4) is 11.5 Å². The number of carboxylic acids is 1. The maximum absolute atomic E-state index is 11.0. The lowest BCUT2D eigenvalue weighted by atomic mass is 9.95. The molecule has 1 aromatic rings. The Morgan fingerprint density at radius 1 is 1.17 bits per heavy atom. The summed E-state index contributed by atoms with van der Waals surface area (Å²) in [6.45, 7) is 0.992. The summed E-state index contributed by atoms with van der Waals surface area (Å²) in [5.41, 5.74) is 1.97. The molecule has 0 spiro atoms. The Hall–Kier alpha value is -1.27. The number of carboxylic acid groups (broad SMARTS) is 1. The molecule has 0 bridgehead atoms. The predicted molar refractivity (Wildman–Crippen MR) is 65.1 cm³/mol. The molecule has 2 N–H and O–H groups in total. The Morgan fingerprint density at radius 2 is 1.78 bits per heavy atom. The Morgan fingerprint density at radius 3 is 2.44 bits per heavy atom. The second-order valence-corrected chi connectivity index (χ2v) is 5.07. The van der Waals surface area contributed by atoms with Crippen LogP contribution in [0.5, 0.6) is 11.5 Å². The average molecular weight is 315 g/mol. The standard InChI is InChI=1S/C12H11BrO5/c13-8-6-2-4-17-10(6)7(9(14)12(15)16)5-1-3-18-11(5)8/h9,14H,1-4H2,(H,15,16). The van der Waals surface area contributed by atoms with E-state index in [-0.39, 0.29) is 0 Å². The third-order valence-corrected chi connectivity index (χ3v) is 4.13. The van der Waals surface area contributed by atoms with E-state index >= 15 is 0 Å². The lowest BCUT2D eigenvalue weighted by Crippen LogP contribution is -2.14. The predicted octanol–water partition coefficient (Wildman–Crippen LogP) is 1.44. The first-order chi connectivity index (χ1) is 8.61. The van der Waals surface area contributed by atoms with Crippen LogP contribution >= 0.6 is 15.9 Å². The number of aliphatic carboxylic acids is 1. The highest BCUT2D eigenvalue weighted by Gasteiger charge is 2.35. The van der Waals surface area contributed by atoms with Crippen LogP contribution in [0.2, 0.25) is 0 Å². The number of hydrogen-bond acceptors (Lipinski definition) is 4. The van der Waals surface area contributed by atoms with Crippen molar-refractivity contribution in [1.29, 1.82) is 0 Å². The lowest BCUT2D eigenvalue weighted by molar-refractivity contribution is -0.147.